The first-order valence-electron chi connectivity index (χ1n) is 13.1. The number of piperazine rings is 1. The van der Waals surface area contributed by atoms with Gasteiger partial charge < -0.3 is 19.4 Å². The fraction of sp³-hybridized carbons (Fsp3) is 0.393. The number of nitriles is 1. The SMILES string of the molecule is CCc1nc2ccc(N3CCN(C(=O)OC(C)(C)C)CC3)nn2c1N(C)c1nc(-c2ccc(F)cc2)c(C#N)s1. The zero-order valence-corrected chi connectivity index (χ0v) is 24.0. The highest BCUT2D eigenvalue weighted by Gasteiger charge is 2.27. The van der Waals surface area contributed by atoms with Gasteiger partial charge in [-0.1, -0.05) is 18.3 Å². The predicted molar refractivity (Wildman–Crippen MR) is 153 cm³/mol. The van der Waals surface area contributed by atoms with Gasteiger partial charge in [-0.2, -0.15) is 9.78 Å². The number of benzene rings is 1. The molecular weight excluding hydrogens is 531 g/mol. The minimum absolute atomic E-state index is 0.304. The van der Waals surface area contributed by atoms with Crippen LogP contribution in [0.2, 0.25) is 0 Å². The Bertz CT molecular complexity index is 1580. The van der Waals surface area contributed by atoms with Crippen LogP contribution in [0.5, 0.6) is 0 Å². The minimum Gasteiger partial charge on any atom is -0.444 e. The van der Waals surface area contributed by atoms with E-state index < -0.39 is 5.60 Å². The van der Waals surface area contributed by atoms with Gasteiger partial charge in [0.2, 0.25) is 0 Å². The van der Waals surface area contributed by atoms with Crippen molar-refractivity contribution in [2.45, 2.75) is 39.7 Å². The second-order valence-electron chi connectivity index (χ2n) is 10.5. The van der Waals surface area contributed by atoms with E-state index in [-0.39, 0.29) is 11.9 Å². The van der Waals surface area contributed by atoms with Gasteiger partial charge in [0.05, 0.1) is 5.69 Å². The highest BCUT2D eigenvalue weighted by molar-refractivity contribution is 7.16. The van der Waals surface area contributed by atoms with Crippen molar-refractivity contribution in [2.24, 2.45) is 0 Å². The number of hydrogen-bond donors (Lipinski definition) is 0. The smallest absolute Gasteiger partial charge is 0.410 e. The monoisotopic (exact) mass is 562 g/mol. The number of rotatable bonds is 5. The van der Waals surface area contributed by atoms with Gasteiger partial charge in [-0.15, -0.1) is 5.10 Å². The Balaban J connectivity index is 1.43. The average molecular weight is 563 g/mol. The van der Waals surface area contributed by atoms with Crippen LogP contribution in [0.15, 0.2) is 36.4 Å². The van der Waals surface area contributed by atoms with Crippen molar-refractivity contribution in [2.75, 3.05) is 43.0 Å². The number of thiazole rings is 1. The molecule has 0 spiro atoms. The Morgan fingerprint density at radius 1 is 1.12 bits per heavy atom. The Hall–Kier alpha value is -4.24. The lowest BCUT2D eigenvalue weighted by atomic mass is 10.1. The summed E-state index contributed by atoms with van der Waals surface area (Å²) in [6.07, 6.45) is 0.371. The number of halogens is 1. The molecule has 0 atom stereocenters. The summed E-state index contributed by atoms with van der Waals surface area (Å²) in [6, 6.07) is 12.1. The number of ether oxygens (including phenoxy) is 1. The van der Waals surface area contributed by atoms with E-state index in [4.69, 9.17) is 19.8 Å². The van der Waals surface area contributed by atoms with Crippen LogP contribution < -0.4 is 9.80 Å². The van der Waals surface area contributed by atoms with Crippen molar-refractivity contribution in [1.29, 1.82) is 5.26 Å². The molecule has 10 nitrogen and oxygen atoms in total. The quantitative estimate of drug-likeness (QED) is 0.325. The highest BCUT2D eigenvalue weighted by Crippen LogP contribution is 2.36. The molecule has 1 fully saturated rings. The number of imidazole rings is 1. The van der Waals surface area contributed by atoms with Crippen molar-refractivity contribution in [3.05, 3.63) is 52.8 Å². The topological polar surface area (TPSA) is 103 Å². The molecule has 5 rings (SSSR count). The van der Waals surface area contributed by atoms with Gasteiger partial charge in [0.15, 0.2) is 16.6 Å². The third-order valence-electron chi connectivity index (χ3n) is 6.54. The van der Waals surface area contributed by atoms with Gasteiger partial charge in [-0.3, -0.25) is 0 Å². The van der Waals surface area contributed by atoms with E-state index in [1.807, 2.05) is 51.8 Å². The molecule has 1 saturated heterocycles. The Kier molecular flexibility index (Phi) is 7.33. The third kappa shape index (κ3) is 5.42. The molecule has 4 heterocycles. The van der Waals surface area contributed by atoms with E-state index in [9.17, 15) is 14.4 Å². The molecule has 0 N–H and O–H groups in total. The molecule has 1 amide bonds. The number of hydrogen-bond acceptors (Lipinski definition) is 9. The molecule has 12 heteroatoms. The van der Waals surface area contributed by atoms with Crippen LogP contribution in [-0.2, 0) is 11.2 Å². The van der Waals surface area contributed by atoms with Gasteiger partial charge in [0.1, 0.15) is 33.9 Å². The molecule has 0 unspecified atom stereocenters. The maximum Gasteiger partial charge on any atom is 0.410 e. The molecule has 0 bridgehead atoms. The molecule has 0 saturated carbocycles. The number of carbonyl (C=O) groups is 1. The zero-order valence-electron chi connectivity index (χ0n) is 23.2. The van der Waals surface area contributed by atoms with Gasteiger partial charge in [0, 0.05) is 38.8 Å². The summed E-state index contributed by atoms with van der Waals surface area (Å²) >= 11 is 1.26. The van der Waals surface area contributed by atoms with Gasteiger partial charge >= 0.3 is 6.09 Å². The van der Waals surface area contributed by atoms with Crippen molar-refractivity contribution < 1.29 is 13.9 Å². The lowest BCUT2D eigenvalue weighted by Crippen LogP contribution is -2.50. The first-order chi connectivity index (χ1) is 19.1. The molecule has 4 aromatic rings. The number of fused-ring (bicyclic) bond motifs is 1. The van der Waals surface area contributed by atoms with E-state index in [0.29, 0.717) is 59.5 Å². The maximum atomic E-state index is 13.5. The van der Waals surface area contributed by atoms with Crippen LogP contribution >= 0.6 is 11.3 Å². The number of aryl methyl sites for hydroxylation is 1. The molecule has 3 aromatic heterocycles. The Morgan fingerprint density at radius 2 is 1.82 bits per heavy atom. The lowest BCUT2D eigenvalue weighted by molar-refractivity contribution is 0.0240. The number of aromatic nitrogens is 4. The summed E-state index contributed by atoms with van der Waals surface area (Å²) in [5.41, 5.74) is 2.20. The summed E-state index contributed by atoms with van der Waals surface area (Å²) in [6.45, 7) is 9.93. The molecule has 208 valence electrons. The number of anilines is 3. The van der Waals surface area contributed by atoms with E-state index in [1.165, 1.54) is 23.5 Å². The summed E-state index contributed by atoms with van der Waals surface area (Å²) in [4.78, 5) is 28.2. The molecule has 0 radical (unpaired) electrons. The van der Waals surface area contributed by atoms with Crippen LogP contribution in [0.4, 0.5) is 26.0 Å². The minimum atomic E-state index is -0.535. The van der Waals surface area contributed by atoms with Crippen LogP contribution in [0.25, 0.3) is 16.9 Å². The fourth-order valence-electron chi connectivity index (χ4n) is 4.57. The lowest BCUT2D eigenvalue weighted by Gasteiger charge is -2.36. The van der Waals surface area contributed by atoms with Crippen LogP contribution in [-0.4, -0.2) is 69.4 Å². The molecule has 0 aliphatic carbocycles. The molecule has 40 heavy (non-hydrogen) atoms. The van der Waals surface area contributed by atoms with Crippen molar-refractivity contribution >= 4 is 39.8 Å². The maximum absolute atomic E-state index is 13.5. The summed E-state index contributed by atoms with van der Waals surface area (Å²) in [7, 11) is 1.88. The number of nitrogens with zero attached hydrogens (tertiary/aromatic N) is 8. The first kappa shape index (κ1) is 27.3. The van der Waals surface area contributed by atoms with Crippen molar-refractivity contribution in [1.82, 2.24) is 24.5 Å². The Labute approximate surface area is 236 Å². The van der Waals surface area contributed by atoms with Crippen LogP contribution in [0, 0.1) is 17.1 Å². The number of carbonyl (C=O) groups excluding carboxylic acids is 1. The van der Waals surface area contributed by atoms with Gasteiger partial charge in [-0.05, 0) is 63.6 Å². The standard InChI is InChI=1S/C28H31FN8O2S/c1-6-20-25(34(5)26-32-24(21(17-30)40-26)18-7-9-19(29)10-8-18)37-22(31-20)11-12-23(33-37)35-13-15-36(16-14-35)27(38)39-28(2,3)4/h7-12H,6,13-16H2,1-5H3. The number of amides is 1. The zero-order chi connectivity index (χ0) is 28.6. The van der Waals surface area contributed by atoms with E-state index in [1.54, 1.807) is 21.5 Å². The van der Waals surface area contributed by atoms with Gasteiger partial charge in [-0.25, -0.2) is 19.2 Å². The van der Waals surface area contributed by atoms with Gasteiger partial charge in [0.25, 0.3) is 0 Å². The van der Waals surface area contributed by atoms with Crippen molar-refractivity contribution in [3.63, 3.8) is 0 Å². The average Bonchev–Trinajstić information content (AvgIpc) is 3.53. The third-order valence-corrected chi connectivity index (χ3v) is 7.58. The highest BCUT2D eigenvalue weighted by atomic mass is 32.1. The molecule has 1 aromatic carbocycles. The molecule has 1 aliphatic heterocycles. The predicted octanol–water partition coefficient (Wildman–Crippen LogP) is 5.25. The van der Waals surface area contributed by atoms with E-state index in [2.05, 4.69) is 11.0 Å². The molecular formula is C28H31FN8O2S. The Morgan fingerprint density at radius 3 is 2.45 bits per heavy atom. The van der Waals surface area contributed by atoms with Crippen LogP contribution in [0.1, 0.15) is 38.3 Å². The van der Waals surface area contributed by atoms with Crippen molar-refractivity contribution in [3.8, 4) is 17.3 Å². The normalized spacial score (nSPS) is 13.9. The summed E-state index contributed by atoms with van der Waals surface area (Å²) in [5, 5.41) is 15.3. The fourth-order valence-corrected chi connectivity index (χ4v) is 5.41. The second-order valence-corrected chi connectivity index (χ2v) is 11.5. The summed E-state index contributed by atoms with van der Waals surface area (Å²) < 4.78 is 20.8. The van der Waals surface area contributed by atoms with Crippen LogP contribution in [0.3, 0.4) is 0 Å². The second kappa shape index (κ2) is 10.7. The largest absolute Gasteiger partial charge is 0.444 e. The van der Waals surface area contributed by atoms with E-state index >= 15 is 0 Å². The summed E-state index contributed by atoms with van der Waals surface area (Å²) in [5.74, 6) is 1.19. The first-order valence-corrected chi connectivity index (χ1v) is 13.9. The molecule has 1 aliphatic rings. The van der Waals surface area contributed by atoms with E-state index in [0.717, 1.165) is 17.3 Å².